The molecule has 1 aliphatic heterocycles. The second-order valence-electron chi connectivity index (χ2n) is 8.79. The van der Waals surface area contributed by atoms with Gasteiger partial charge in [0.15, 0.2) is 0 Å². The van der Waals surface area contributed by atoms with Crippen LogP contribution in [0.5, 0.6) is 0 Å². The summed E-state index contributed by atoms with van der Waals surface area (Å²) in [5.74, 6) is 0.969. The van der Waals surface area contributed by atoms with E-state index >= 15 is 0 Å². The molecule has 1 fully saturated rings. The predicted octanol–water partition coefficient (Wildman–Crippen LogP) is 3.95. The highest BCUT2D eigenvalue weighted by Gasteiger charge is 2.19. The molecule has 0 saturated carbocycles. The monoisotopic (exact) mass is 485 g/mol. The average molecular weight is 486 g/mol. The molecule has 1 unspecified atom stereocenters. The van der Waals surface area contributed by atoms with Gasteiger partial charge in [0, 0.05) is 37.6 Å². The molecule has 194 valence electrons. The number of anilines is 1. The van der Waals surface area contributed by atoms with E-state index in [1.165, 1.54) is 17.3 Å². The second-order valence-corrected chi connectivity index (χ2v) is 8.79. The normalized spacial score (nSPS) is 17.3. The summed E-state index contributed by atoms with van der Waals surface area (Å²) in [4.78, 5) is 21.4. The zero-order chi connectivity index (χ0) is 25.5. The van der Waals surface area contributed by atoms with Crippen LogP contribution in [-0.2, 0) is 13.0 Å². The number of nitrogens with one attached hydrogen (secondary N) is 1. The number of fused-ring (bicyclic) bond motifs is 1. The summed E-state index contributed by atoms with van der Waals surface area (Å²) in [6, 6.07) is 6.96. The Balaban J connectivity index is 0.000000466. The van der Waals surface area contributed by atoms with Crippen LogP contribution in [0.3, 0.4) is 0 Å². The minimum Gasteiger partial charge on any atom is -0.391 e. The molecular formula is C26H43N7O2. The summed E-state index contributed by atoms with van der Waals surface area (Å²) >= 11 is 0. The van der Waals surface area contributed by atoms with Crippen LogP contribution in [0.4, 0.5) is 5.95 Å². The van der Waals surface area contributed by atoms with Gasteiger partial charge in [0.05, 0.1) is 24.2 Å². The lowest BCUT2D eigenvalue weighted by Crippen LogP contribution is -2.29. The minimum atomic E-state index is 0.0190. The number of benzene rings is 1. The van der Waals surface area contributed by atoms with Gasteiger partial charge < -0.3 is 25.6 Å². The third-order valence-corrected chi connectivity index (χ3v) is 6.25. The standard InChI is InChI=1S/C20H32N6O.C6H11NO/c1-2-26-19-15-16(5-3-10-21)7-8-18(19)24-20(26)23-17-6-4-12-25(13-9-17)14-11-22-27;1-3-6(2)7-4-5-8/h7-8,15,17H,2-6,9-14,21H2,1H3,(H,23,24);3-4,8H,5H2,1-2H3/b;6-3-,7-4?. The predicted molar refractivity (Wildman–Crippen MR) is 146 cm³/mol. The highest BCUT2D eigenvalue weighted by Crippen LogP contribution is 2.24. The van der Waals surface area contributed by atoms with Crippen molar-refractivity contribution in [3.8, 4) is 0 Å². The SMILES string of the molecule is C/C=C(/C)N=CCO.CCn1c(NC2CCCN(CCN=O)CC2)nc2ccc(CCCN)cc21. The number of aliphatic imine (C=N–C) groups is 1. The number of rotatable bonds is 11. The van der Waals surface area contributed by atoms with E-state index in [1.807, 2.05) is 19.9 Å². The van der Waals surface area contributed by atoms with E-state index in [0.29, 0.717) is 12.6 Å². The number of allylic oxidation sites excluding steroid dienone is 2. The minimum absolute atomic E-state index is 0.0190. The Kier molecular flexibility index (Phi) is 13.2. The van der Waals surface area contributed by atoms with Gasteiger partial charge in [0.25, 0.3) is 0 Å². The fourth-order valence-corrected chi connectivity index (χ4v) is 4.21. The first-order valence-electron chi connectivity index (χ1n) is 12.8. The van der Waals surface area contributed by atoms with E-state index < -0.39 is 0 Å². The van der Waals surface area contributed by atoms with E-state index in [1.54, 1.807) is 0 Å². The molecule has 1 aliphatic rings. The fraction of sp³-hybridized carbons (Fsp3) is 0.615. The second kappa shape index (κ2) is 16.1. The number of imidazole rings is 1. The van der Waals surface area contributed by atoms with Gasteiger partial charge in [-0.15, -0.1) is 0 Å². The smallest absolute Gasteiger partial charge is 0.204 e. The topological polar surface area (TPSA) is 121 Å². The number of likely N-dealkylation sites (tertiary alicyclic amines) is 1. The van der Waals surface area contributed by atoms with Gasteiger partial charge in [0.1, 0.15) is 0 Å². The van der Waals surface area contributed by atoms with Crippen molar-refractivity contribution in [2.24, 2.45) is 15.9 Å². The number of nitroso groups, excluding NO2 is 1. The molecular weight excluding hydrogens is 442 g/mol. The van der Waals surface area contributed by atoms with Gasteiger partial charge in [-0.3, -0.25) is 4.99 Å². The molecule has 0 bridgehead atoms. The lowest BCUT2D eigenvalue weighted by molar-refractivity contribution is 0.292. The molecule has 0 aliphatic carbocycles. The maximum atomic E-state index is 10.4. The largest absolute Gasteiger partial charge is 0.391 e. The zero-order valence-corrected chi connectivity index (χ0v) is 21.6. The summed E-state index contributed by atoms with van der Waals surface area (Å²) in [5, 5.41) is 14.9. The zero-order valence-electron chi connectivity index (χ0n) is 21.6. The molecule has 9 nitrogen and oxygen atoms in total. The molecule has 3 rings (SSSR count). The molecule has 1 atom stereocenters. The molecule has 1 aromatic carbocycles. The van der Waals surface area contributed by atoms with Crippen molar-refractivity contribution >= 4 is 23.2 Å². The van der Waals surface area contributed by atoms with Crippen LogP contribution in [0, 0.1) is 4.91 Å². The number of hydrogen-bond acceptors (Lipinski definition) is 8. The van der Waals surface area contributed by atoms with Gasteiger partial charge in [-0.05, 0) is 83.7 Å². The van der Waals surface area contributed by atoms with Gasteiger partial charge in [0.2, 0.25) is 5.95 Å². The van der Waals surface area contributed by atoms with Crippen molar-refractivity contribution in [1.29, 1.82) is 0 Å². The van der Waals surface area contributed by atoms with Crippen molar-refractivity contribution in [2.75, 3.05) is 44.6 Å². The van der Waals surface area contributed by atoms with Crippen LogP contribution < -0.4 is 11.1 Å². The van der Waals surface area contributed by atoms with Crippen molar-refractivity contribution in [3.63, 3.8) is 0 Å². The maximum absolute atomic E-state index is 10.4. The first-order chi connectivity index (χ1) is 17.1. The van der Waals surface area contributed by atoms with Crippen molar-refractivity contribution in [3.05, 3.63) is 40.4 Å². The van der Waals surface area contributed by atoms with Crippen LogP contribution >= 0.6 is 0 Å². The number of nitrogens with zero attached hydrogens (tertiary/aromatic N) is 5. The molecule has 1 aromatic heterocycles. The molecule has 0 radical (unpaired) electrons. The van der Waals surface area contributed by atoms with E-state index in [2.05, 4.69) is 50.1 Å². The van der Waals surface area contributed by atoms with Crippen molar-refractivity contribution < 1.29 is 5.11 Å². The van der Waals surface area contributed by atoms with Crippen molar-refractivity contribution in [1.82, 2.24) is 14.5 Å². The molecule has 2 heterocycles. The Morgan fingerprint density at radius 3 is 2.86 bits per heavy atom. The highest BCUT2D eigenvalue weighted by molar-refractivity contribution is 5.79. The lowest BCUT2D eigenvalue weighted by atomic mass is 10.1. The van der Waals surface area contributed by atoms with Crippen LogP contribution in [0.25, 0.3) is 11.0 Å². The first-order valence-corrected chi connectivity index (χ1v) is 12.8. The van der Waals surface area contributed by atoms with E-state index in [-0.39, 0.29) is 6.61 Å². The third-order valence-electron chi connectivity index (χ3n) is 6.25. The van der Waals surface area contributed by atoms with Crippen LogP contribution in [0.2, 0.25) is 0 Å². The van der Waals surface area contributed by atoms with Crippen LogP contribution in [-0.4, -0.2) is 71.1 Å². The molecule has 0 amide bonds. The average Bonchev–Trinajstić information content (AvgIpc) is 3.06. The summed E-state index contributed by atoms with van der Waals surface area (Å²) in [6.07, 6.45) is 8.69. The Bertz CT molecular complexity index is 955. The number of aryl methyl sites for hydroxylation is 2. The van der Waals surface area contributed by atoms with Gasteiger partial charge in [-0.25, -0.2) is 4.98 Å². The highest BCUT2D eigenvalue weighted by atomic mass is 16.3. The number of aliphatic hydroxyl groups excluding tert-OH is 1. The van der Waals surface area contributed by atoms with Gasteiger partial charge in [-0.1, -0.05) is 17.3 Å². The fourth-order valence-electron chi connectivity index (χ4n) is 4.21. The summed E-state index contributed by atoms with van der Waals surface area (Å²) < 4.78 is 2.28. The third kappa shape index (κ3) is 9.51. The summed E-state index contributed by atoms with van der Waals surface area (Å²) in [6.45, 7) is 10.8. The van der Waals surface area contributed by atoms with Gasteiger partial charge >= 0.3 is 0 Å². The Hall–Kier alpha value is -2.62. The van der Waals surface area contributed by atoms with Crippen LogP contribution in [0.15, 0.2) is 40.1 Å². The number of nitrogens with two attached hydrogens (primary N) is 1. The Morgan fingerprint density at radius 1 is 1.34 bits per heavy atom. The molecule has 2 aromatic rings. The van der Waals surface area contributed by atoms with Gasteiger partial charge in [-0.2, -0.15) is 4.91 Å². The quantitative estimate of drug-likeness (QED) is 0.327. The number of aromatic nitrogens is 2. The maximum Gasteiger partial charge on any atom is 0.204 e. The Labute approximate surface area is 209 Å². The molecule has 9 heteroatoms. The number of hydrogen-bond donors (Lipinski definition) is 3. The molecule has 0 spiro atoms. The van der Waals surface area contributed by atoms with Crippen molar-refractivity contribution in [2.45, 2.75) is 65.5 Å². The Morgan fingerprint density at radius 2 is 2.17 bits per heavy atom. The first kappa shape index (κ1) is 28.6. The molecule has 4 N–H and O–H groups in total. The van der Waals surface area contributed by atoms with E-state index in [9.17, 15) is 4.91 Å². The van der Waals surface area contributed by atoms with E-state index in [4.69, 9.17) is 15.8 Å². The molecule has 1 saturated heterocycles. The van der Waals surface area contributed by atoms with E-state index in [0.717, 1.165) is 82.0 Å². The van der Waals surface area contributed by atoms with Crippen LogP contribution in [0.1, 0.15) is 52.0 Å². The summed E-state index contributed by atoms with van der Waals surface area (Å²) in [5.41, 5.74) is 10.1. The summed E-state index contributed by atoms with van der Waals surface area (Å²) in [7, 11) is 0. The lowest BCUT2D eigenvalue weighted by Gasteiger charge is -2.19. The number of aliphatic hydroxyl groups is 1. The molecule has 35 heavy (non-hydrogen) atoms.